The summed E-state index contributed by atoms with van der Waals surface area (Å²) in [6.45, 7) is 0. The fourth-order valence-corrected chi connectivity index (χ4v) is 1.68. The molecule has 0 atom stereocenters. The van der Waals surface area contributed by atoms with Gasteiger partial charge in [-0.25, -0.2) is 0 Å². The Hall–Kier alpha value is -2.93. The maximum atomic E-state index is 11.0. The lowest BCUT2D eigenvalue weighted by molar-refractivity contribution is -0.114. The third-order valence-electron chi connectivity index (χ3n) is 2.60. The Morgan fingerprint density at radius 2 is 1.95 bits per heavy atom. The van der Waals surface area contributed by atoms with Crippen LogP contribution in [0.2, 0.25) is 0 Å². The van der Waals surface area contributed by atoms with E-state index in [0.717, 1.165) is 16.7 Å². The van der Waals surface area contributed by atoms with Crippen molar-refractivity contribution in [2.45, 2.75) is 0 Å². The van der Waals surface area contributed by atoms with E-state index >= 15 is 0 Å². The average molecular weight is 249 g/mol. The van der Waals surface area contributed by atoms with Crippen LogP contribution in [0.4, 0.5) is 0 Å². The molecular formula is C15H11N3O. The van der Waals surface area contributed by atoms with E-state index in [-0.39, 0.29) is 5.57 Å². The lowest BCUT2D eigenvalue weighted by atomic mass is 10.0. The Morgan fingerprint density at radius 3 is 2.58 bits per heavy atom. The number of rotatable bonds is 3. The van der Waals surface area contributed by atoms with Crippen LogP contribution in [-0.2, 0) is 4.79 Å². The van der Waals surface area contributed by atoms with Crippen LogP contribution in [0.1, 0.15) is 5.56 Å². The van der Waals surface area contributed by atoms with Crippen molar-refractivity contribution < 1.29 is 4.79 Å². The Kier molecular flexibility index (Phi) is 3.70. The number of carbonyl (C=O) groups excluding carboxylic acids is 1. The minimum atomic E-state index is -0.725. The van der Waals surface area contributed by atoms with Crippen LogP contribution in [0.15, 0.2) is 54.4 Å². The van der Waals surface area contributed by atoms with E-state index in [9.17, 15) is 4.79 Å². The molecule has 4 heteroatoms. The zero-order valence-electron chi connectivity index (χ0n) is 10.1. The molecule has 0 aliphatic rings. The summed E-state index contributed by atoms with van der Waals surface area (Å²) in [5, 5.41) is 8.82. The van der Waals surface area contributed by atoms with E-state index in [1.807, 2.05) is 36.4 Å². The van der Waals surface area contributed by atoms with Crippen LogP contribution in [0.25, 0.3) is 17.2 Å². The third-order valence-corrected chi connectivity index (χ3v) is 2.60. The predicted molar refractivity (Wildman–Crippen MR) is 72.5 cm³/mol. The highest BCUT2D eigenvalue weighted by atomic mass is 16.1. The number of carbonyl (C=O) groups is 1. The zero-order valence-corrected chi connectivity index (χ0v) is 10.1. The van der Waals surface area contributed by atoms with Crippen molar-refractivity contribution in [1.82, 2.24) is 4.98 Å². The molecule has 2 rings (SSSR count). The smallest absolute Gasteiger partial charge is 0.259 e. The number of nitrogens with two attached hydrogens (primary N) is 1. The van der Waals surface area contributed by atoms with Crippen molar-refractivity contribution in [3.63, 3.8) is 0 Å². The second-order valence-electron chi connectivity index (χ2n) is 3.90. The Bertz CT molecular complexity index is 669. The quantitative estimate of drug-likeness (QED) is 0.668. The zero-order chi connectivity index (χ0) is 13.7. The molecule has 0 unspecified atom stereocenters. The molecule has 0 aliphatic carbocycles. The molecule has 0 fully saturated rings. The van der Waals surface area contributed by atoms with Gasteiger partial charge >= 0.3 is 0 Å². The van der Waals surface area contributed by atoms with Gasteiger partial charge in [-0.2, -0.15) is 5.26 Å². The van der Waals surface area contributed by atoms with Crippen LogP contribution >= 0.6 is 0 Å². The van der Waals surface area contributed by atoms with E-state index in [1.165, 1.54) is 6.08 Å². The maximum Gasteiger partial charge on any atom is 0.259 e. The summed E-state index contributed by atoms with van der Waals surface area (Å²) >= 11 is 0. The van der Waals surface area contributed by atoms with Gasteiger partial charge in [-0.15, -0.1) is 0 Å². The second-order valence-corrected chi connectivity index (χ2v) is 3.90. The summed E-state index contributed by atoms with van der Waals surface area (Å²) < 4.78 is 0. The number of aromatic nitrogens is 1. The number of nitriles is 1. The highest BCUT2D eigenvalue weighted by molar-refractivity contribution is 6.00. The average Bonchev–Trinajstić information content (AvgIpc) is 2.45. The minimum Gasteiger partial charge on any atom is -0.365 e. The van der Waals surface area contributed by atoms with E-state index < -0.39 is 5.91 Å². The number of amides is 1. The van der Waals surface area contributed by atoms with Gasteiger partial charge in [0.1, 0.15) is 11.6 Å². The summed E-state index contributed by atoms with van der Waals surface area (Å²) in [6, 6.07) is 13.1. The first-order chi connectivity index (χ1) is 9.20. The largest absolute Gasteiger partial charge is 0.365 e. The first kappa shape index (κ1) is 12.5. The van der Waals surface area contributed by atoms with Gasteiger partial charge in [0, 0.05) is 12.4 Å². The molecule has 0 aliphatic heterocycles. The van der Waals surface area contributed by atoms with E-state index in [1.54, 1.807) is 18.5 Å². The number of benzene rings is 1. The number of hydrogen-bond acceptors (Lipinski definition) is 3. The Morgan fingerprint density at radius 1 is 1.21 bits per heavy atom. The molecule has 1 aromatic heterocycles. The Balaban J connectivity index is 2.41. The second kappa shape index (κ2) is 5.61. The number of primary amides is 1. The van der Waals surface area contributed by atoms with Gasteiger partial charge in [0.25, 0.3) is 5.91 Å². The monoisotopic (exact) mass is 249 g/mol. The van der Waals surface area contributed by atoms with E-state index in [0.29, 0.717) is 0 Å². The van der Waals surface area contributed by atoms with Crippen molar-refractivity contribution >= 4 is 12.0 Å². The first-order valence-corrected chi connectivity index (χ1v) is 5.63. The number of pyridine rings is 1. The Labute approximate surface area is 110 Å². The lowest BCUT2D eigenvalue weighted by Crippen LogP contribution is -2.12. The molecule has 4 nitrogen and oxygen atoms in total. The van der Waals surface area contributed by atoms with Crippen molar-refractivity contribution in [3.05, 3.63) is 59.9 Å². The molecular weight excluding hydrogens is 238 g/mol. The van der Waals surface area contributed by atoms with Crippen LogP contribution in [0.3, 0.4) is 0 Å². The fourth-order valence-electron chi connectivity index (χ4n) is 1.68. The molecule has 1 amide bonds. The molecule has 19 heavy (non-hydrogen) atoms. The van der Waals surface area contributed by atoms with Crippen LogP contribution in [0.5, 0.6) is 0 Å². The van der Waals surface area contributed by atoms with Gasteiger partial charge in [0.15, 0.2) is 0 Å². The molecule has 2 N–H and O–H groups in total. The number of hydrogen-bond donors (Lipinski definition) is 1. The van der Waals surface area contributed by atoms with Gasteiger partial charge in [0.2, 0.25) is 0 Å². The molecule has 1 aromatic carbocycles. The summed E-state index contributed by atoms with van der Waals surface area (Å²) in [6.07, 6.45) is 4.90. The molecule has 2 aromatic rings. The van der Waals surface area contributed by atoms with Crippen LogP contribution in [-0.4, -0.2) is 10.9 Å². The molecule has 0 spiro atoms. The molecule has 92 valence electrons. The summed E-state index contributed by atoms with van der Waals surface area (Å²) in [7, 11) is 0. The molecule has 0 saturated heterocycles. The third kappa shape index (κ3) is 3.05. The summed E-state index contributed by atoms with van der Waals surface area (Å²) in [5.41, 5.74) is 7.80. The molecule has 0 radical (unpaired) electrons. The van der Waals surface area contributed by atoms with E-state index in [2.05, 4.69) is 4.98 Å². The normalized spacial score (nSPS) is 10.8. The minimum absolute atomic E-state index is 0.0631. The maximum absolute atomic E-state index is 11.0. The van der Waals surface area contributed by atoms with Crippen molar-refractivity contribution in [1.29, 1.82) is 5.26 Å². The van der Waals surface area contributed by atoms with E-state index in [4.69, 9.17) is 11.0 Å². The summed E-state index contributed by atoms with van der Waals surface area (Å²) in [4.78, 5) is 15.0. The van der Waals surface area contributed by atoms with Gasteiger partial charge in [0.05, 0.1) is 0 Å². The SMILES string of the molecule is N#C/C(=C/c1cccc(-c2ccncc2)c1)C(N)=O. The van der Waals surface area contributed by atoms with Crippen LogP contribution < -0.4 is 5.73 Å². The van der Waals surface area contributed by atoms with Gasteiger partial charge in [-0.3, -0.25) is 9.78 Å². The van der Waals surface area contributed by atoms with Crippen molar-refractivity contribution in [2.24, 2.45) is 5.73 Å². The molecule has 0 bridgehead atoms. The van der Waals surface area contributed by atoms with Crippen molar-refractivity contribution in [2.75, 3.05) is 0 Å². The molecule has 0 saturated carbocycles. The highest BCUT2D eigenvalue weighted by Gasteiger charge is 2.04. The lowest BCUT2D eigenvalue weighted by Gasteiger charge is -2.02. The molecule has 1 heterocycles. The topological polar surface area (TPSA) is 79.8 Å². The highest BCUT2D eigenvalue weighted by Crippen LogP contribution is 2.20. The first-order valence-electron chi connectivity index (χ1n) is 5.63. The van der Waals surface area contributed by atoms with Gasteiger partial charge in [-0.1, -0.05) is 18.2 Å². The van der Waals surface area contributed by atoms with Gasteiger partial charge < -0.3 is 5.73 Å². The summed E-state index contributed by atoms with van der Waals surface area (Å²) in [5.74, 6) is -0.725. The van der Waals surface area contributed by atoms with Gasteiger partial charge in [-0.05, 0) is 41.0 Å². The standard InChI is InChI=1S/C15H11N3O/c16-10-14(15(17)19)9-11-2-1-3-13(8-11)12-4-6-18-7-5-12/h1-9H,(H2,17,19)/b14-9-. The fraction of sp³-hybridized carbons (Fsp3) is 0. The predicted octanol–water partition coefficient (Wildman–Crippen LogP) is 2.14. The number of nitrogens with zero attached hydrogens (tertiary/aromatic N) is 2. The van der Waals surface area contributed by atoms with Crippen LogP contribution in [0, 0.1) is 11.3 Å². The van der Waals surface area contributed by atoms with Crippen molar-refractivity contribution in [3.8, 4) is 17.2 Å².